The fourth-order valence-electron chi connectivity index (χ4n) is 2.59. The van der Waals surface area contributed by atoms with Crippen LogP contribution in [0.15, 0.2) is 24.5 Å². The number of carboxylic acid groups (broad SMARTS) is 1. The van der Waals surface area contributed by atoms with Crippen molar-refractivity contribution in [1.82, 2.24) is 14.5 Å². The summed E-state index contributed by atoms with van der Waals surface area (Å²) in [5.74, 6) is -0.900. The molecule has 1 aromatic carbocycles. The molecule has 1 aliphatic rings. The van der Waals surface area contributed by atoms with E-state index in [-0.39, 0.29) is 0 Å². The lowest BCUT2D eigenvalue weighted by atomic mass is 10.2. The summed E-state index contributed by atoms with van der Waals surface area (Å²) in [5.41, 5.74) is 2.04. The average molecular weight is 273 g/mol. The molecule has 2 aromatic rings. The fourth-order valence-corrected chi connectivity index (χ4v) is 2.59. The van der Waals surface area contributed by atoms with Gasteiger partial charge in [-0.05, 0) is 45.0 Å². The van der Waals surface area contributed by atoms with Crippen molar-refractivity contribution < 1.29 is 9.90 Å². The maximum absolute atomic E-state index is 11.1. The number of carbonyl (C=O) groups is 1. The van der Waals surface area contributed by atoms with Gasteiger partial charge in [-0.15, -0.1) is 0 Å². The van der Waals surface area contributed by atoms with Crippen molar-refractivity contribution in [3.05, 3.63) is 30.1 Å². The van der Waals surface area contributed by atoms with E-state index in [0.29, 0.717) is 11.6 Å². The molecule has 1 heterocycles. The molecule has 0 bridgehead atoms. The molecule has 1 saturated carbocycles. The molecule has 3 rings (SSSR count). The van der Waals surface area contributed by atoms with Crippen LogP contribution < -0.4 is 0 Å². The molecule has 1 N–H and O–H groups in total. The van der Waals surface area contributed by atoms with Crippen LogP contribution >= 0.6 is 0 Å². The minimum absolute atomic E-state index is 0.308. The van der Waals surface area contributed by atoms with Crippen molar-refractivity contribution >= 4 is 17.0 Å². The van der Waals surface area contributed by atoms with Gasteiger partial charge in [-0.2, -0.15) is 0 Å². The van der Waals surface area contributed by atoms with Gasteiger partial charge in [-0.1, -0.05) is 0 Å². The summed E-state index contributed by atoms with van der Waals surface area (Å²) in [6.07, 6.45) is 4.37. The summed E-state index contributed by atoms with van der Waals surface area (Å²) in [6, 6.07) is 6.20. The first-order valence-electron chi connectivity index (χ1n) is 6.96. The van der Waals surface area contributed by atoms with Crippen molar-refractivity contribution in [1.29, 1.82) is 0 Å². The maximum Gasteiger partial charge on any atom is 0.335 e. The van der Waals surface area contributed by atoms with E-state index in [1.54, 1.807) is 24.5 Å². The Hall–Kier alpha value is -1.88. The number of hydrogen-bond donors (Lipinski definition) is 1. The topological polar surface area (TPSA) is 58.4 Å². The number of fused-ring (bicyclic) bond motifs is 1. The SMILES string of the molecule is CC(Cn1cnc2ccc(C(=O)O)cc21)N(C)C1CC1. The number of benzene rings is 1. The van der Waals surface area contributed by atoms with Crippen molar-refractivity contribution in [2.45, 2.75) is 38.4 Å². The molecular formula is C15H19N3O2. The highest BCUT2D eigenvalue weighted by Gasteiger charge is 2.29. The van der Waals surface area contributed by atoms with Gasteiger partial charge in [0.15, 0.2) is 0 Å². The number of aromatic nitrogens is 2. The lowest BCUT2D eigenvalue weighted by Gasteiger charge is -2.25. The molecule has 1 fully saturated rings. The van der Waals surface area contributed by atoms with E-state index in [0.717, 1.165) is 23.6 Å². The van der Waals surface area contributed by atoms with Crippen molar-refractivity contribution in [3.63, 3.8) is 0 Å². The lowest BCUT2D eigenvalue weighted by molar-refractivity contribution is 0.0697. The molecule has 1 aliphatic carbocycles. The molecule has 106 valence electrons. The molecule has 0 aliphatic heterocycles. The predicted molar refractivity (Wildman–Crippen MR) is 76.9 cm³/mol. The standard InChI is InChI=1S/C15H19N3O2/c1-10(17(2)12-4-5-12)8-18-9-16-13-6-3-11(15(19)20)7-14(13)18/h3,6-7,9-10,12H,4-5,8H2,1-2H3,(H,19,20). The number of carboxylic acids is 1. The number of imidazole rings is 1. The third-order valence-electron chi connectivity index (χ3n) is 4.15. The molecule has 1 atom stereocenters. The highest BCUT2D eigenvalue weighted by Crippen LogP contribution is 2.27. The Kier molecular flexibility index (Phi) is 3.22. The molecular weight excluding hydrogens is 254 g/mol. The third kappa shape index (κ3) is 2.41. The number of hydrogen-bond acceptors (Lipinski definition) is 3. The first-order chi connectivity index (χ1) is 9.56. The van der Waals surface area contributed by atoms with E-state index in [9.17, 15) is 4.79 Å². The molecule has 5 heteroatoms. The van der Waals surface area contributed by atoms with Crippen molar-refractivity contribution in [2.24, 2.45) is 0 Å². The summed E-state index contributed by atoms with van der Waals surface area (Å²) in [6.45, 7) is 3.03. The van der Waals surface area contributed by atoms with Crippen LogP contribution in [0.1, 0.15) is 30.1 Å². The van der Waals surface area contributed by atoms with E-state index >= 15 is 0 Å². The summed E-state index contributed by atoms with van der Waals surface area (Å²) in [5, 5.41) is 9.09. The van der Waals surface area contributed by atoms with Crippen LogP contribution in [-0.4, -0.2) is 44.7 Å². The predicted octanol–water partition coefficient (Wildman–Crippen LogP) is 2.22. The van der Waals surface area contributed by atoms with Crippen LogP contribution in [0.4, 0.5) is 0 Å². The Morgan fingerprint density at radius 1 is 1.55 bits per heavy atom. The molecule has 0 spiro atoms. The van der Waals surface area contributed by atoms with Gasteiger partial charge in [0.1, 0.15) is 0 Å². The van der Waals surface area contributed by atoms with E-state index in [1.807, 2.05) is 4.57 Å². The Bertz CT molecular complexity index is 646. The Balaban J connectivity index is 1.86. The first kappa shape index (κ1) is 13.1. The summed E-state index contributed by atoms with van der Waals surface area (Å²) in [4.78, 5) is 17.8. The van der Waals surface area contributed by atoms with Gasteiger partial charge in [0, 0.05) is 18.6 Å². The third-order valence-corrected chi connectivity index (χ3v) is 4.15. The van der Waals surface area contributed by atoms with Gasteiger partial charge < -0.3 is 9.67 Å². The van der Waals surface area contributed by atoms with Crippen LogP contribution in [0.5, 0.6) is 0 Å². The second kappa shape index (κ2) is 4.90. The van der Waals surface area contributed by atoms with Gasteiger partial charge >= 0.3 is 5.97 Å². The summed E-state index contributed by atoms with van der Waals surface area (Å²) in [7, 11) is 2.16. The Morgan fingerprint density at radius 2 is 2.30 bits per heavy atom. The Labute approximate surface area is 117 Å². The lowest BCUT2D eigenvalue weighted by Crippen LogP contribution is -2.34. The van der Waals surface area contributed by atoms with Crippen molar-refractivity contribution in [2.75, 3.05) is 7.05 Å². The second-order valence-electron chi connectivity index (χ2n) is 5.65. The molecule has 0 radical (unpaired) electrons. The number of nitrogens with zero attached hydrogens (tertiary/aromatic N) is 3. The molecule has 1 aromatic heterocycles. The largest absolute Gasteiger partial charge is 0.478 e. The van der Waals surface area contributed by atoms with Gasteiger partial charge in [-0.3, -0.25) is 4.90 Å². The summed E-state index contributed by atoms with van der Waals surface area (Å²) < 4.78 is 2.05. The number of rotatable bonds is 5. The molecule has 1 unspecified atom stereocenters. The fraction of sp³-hybridized carbons (Fsp3) is 0.467. The molecule has 20 heavy (non-hydrogen) atoms. The van der Waals surface area contributed by atoms with Crippen LogP contribution in [0.3, 0.4) is 0 Å². The molecule has 0 saturated heterocycles. The zero-order chi connectivity index (χ0) is 14.3. The minimum Gasteiger partial charge on any atom is -0.478 e. The monoisotopic (exact) mass is 273 g/mol. The molecule has 5 nitrogen and oxygen atoms in total. The zero-order valence-electron chi connectivity index (χ0n) is 11.8. The van der Waals surface area contributed by atoms with Gasteiger partial charge in [0.05, 0.1) is 22.9 Å². The second-order valence-corrected chi connectivity index (χ2v) is 5.65. The molecule has 0 amide bonds. The van der Waals surface area contributed by atoms with E-state index in [4.69, 9.17) is 5.11 Å². The van der Waals surface area contributed by atoms with Crippen LogP contribution in [0, 0.1) is 0 Å². The highest BCUT2D eigenvalue weighted by atomic mass is 16.4. The van der Waals surface area contributed by atoms with Gasteiger partial charge in [0.25, 0.3) is 0 Å². The van der Waals surface area contributed by atoms with Gasteiger partial charge in [0.2, 0.25) is 0 Å². The van der Waals surface area contributed by atoms with E-state index in [2.05, 4.69) is 23.9 Å². The number of aromatic carboxylic acids is 1. The van der Waals surface area contributed by atoms with E-state index < -0.39 is 5.97 Å². The minimum atomic E-state index is -0.900. The van der Waals surface area contributed by atoms with Crippen molar-refractivity contribution in [3.8, 4) is 0 Å². The highest BCUT2D eigenvalue weighted by molar-refractivity contribution is 5.92. The van der Waals surface area contributed by atoms with Crippen LogP contribution in [-0.2, 0) is 6.54 Å². The maximum atomic E-state index is 11.1. The van der Waals surface area contributed by atoms with E-state index in [1.165, 1.54) is 12.8 Å². The normalized spacial score (nSPS) is 16.8. The number of likely N-dealkylation sites (N-methyl/N-ethyl adjacent to an activating group) is 1. The zero-order valence-corrected chi connectivity index (χ0v) is 11.8. The van der Waals surface area contributed by atoms with Crippen LogP contribution in [0.25, 0.3) is 11.0 Å². The average Bonchev–Trinajstić information content (AvgIpc) is 3.20. The smallest absolute Gasteiger partial charge is 0.335 e. The van der Waals surface area contributed by atoms with Gasteiger partial charge in [-0.25, -0.2) is 9.78 Å². The van der Waals surface area contributed by atoms with Crippen LogP contribution in [0.2, 0.25) is 0 Å². The first-order valence-corrected chi connectivity index (χ1v) is 6.96. The Morgan fingerprint density at radius 3 is 2.95 bits per heavy atom. The quantitative estimate of drug-likeness (QED) is 0.907. The summed E-state index contributed by atoms with van der Waals surface area (Å²) >= 11 is 0.